The second-order valence-electron chi connectivity index (χ2n) is 9.30. The Kier molecular flexibility index (Phi) is 4.50. The van der Waals surface area contributed by atoms with Crippen LogP contribution in [0.1, 0.15) is 11.1 Å². The molecule has 0 saturated carbocycles. The largest absolute Gasteiger partial charge is 0.497 e. The van der Waals surface area contributed by atoms with E-state index < -0.39 is 6.10 Å². The van der Waals surface area contributed by atoms with Gasteiger partial charge in [0.25, 0.3) is 0 Å². The zero-order valence-electron chi connectivity index (χ0n) is 19.5. The van der Waals surface area contributed by atoms with E-state index in [1.165, 1.54) is 38.3 Å². The number of rotatable bonds is 5. The topological polar surface area (TPSA) is 54.9 Å². The molecule has 2 aromatic heterocycles. The number of hydrogen-bond donors (Lipinski definition) is 1. The third-order valence-corrected chi connectivity index (χ3v) is 6.94. The average molecular weight is 441 g/mol. The molecule has 168 valence electrons. The molecule has 6 heteroatoms. The van der Waals surface area contributed by atoms with Crippen LogP contribution in [0.15, 0.2) is 47.5 Å². The van der Waals surface area contributed by atoms with Gasteiger partial charge >= 0.3 is 0 Å². The van der Waals surface area contributed by atoms with Crippen LogP contribution < -0.4 is 4.74 Å². The van der Waals surface area contributed by atoms with Crippen LogP contribution in [0.2, 0.25) is 0 Å². The fourth-order valence-electron chi connectivity index (χ4n) is 5.66. The molecule has 33 heavy (non-hydrogen) atoms. The average Bonchev–Trinajstić information content (AvgIpc) is 3.47. The van der Waals surface area contributed by atoms with Gasteiger partial charge in [-0.05, 0) is 43.9 Å². The highest BCUT2D eigenvalue weighted by Gasteiger charge is 2.27. The summed E-state index contributed by atoms with van der Waals surface area (Å²) in [6.07, 6.45) is 1.54. The van der Waals surface area contributed by atoms with E-state index in [9.17, 15) is 5.11 Å². The molecule has 0 radical (unpaired) electrons. The zero-order valence-corrected chi connectivity index (χ0v) is 19.5. The standard InChI is InChI=1S/C27H28N4O2/c1-29(2)14-16(32)15-31-23-10-9-17(33-4)11-19(23)25-21-13-28-12-20(21)24-18-7-5-6-8-22(18)30(3)26(24)27(25)31/h5-12,16,32H,13-15H2,1-4H3. The van der Waals surface area contributed by atoms with Gasteiger partial charge in [0.05, 0.1) is 37.3 Å². The van der Waals surface area contributed by atoms with Crippen LogP contribution in [0.25, 0.3) is 43.6 Å². The number of methoxy groups -OCH3 is 1. The lowest BCUT2D eigenvalue weighted by molar-refractivity contribution is 0.122. The van der Waals surface area contributed by atoms with Crippen molar-refractivity contribution in [2.45, 2.75) is 19.2 Å². The van der Waals surface area contributed by atoms with Gasteiger partial charge in [-0.2, -0.15) is 0 Å². The molecule has 3 aromatic carbocycles. The Labute approximate surface area is 192 Å². The van der Waals surface area contributed by atoms with Gasteiger partial charge in [0, 0.05) is 57.9 Å². The Morgan fingerprint density at radius 3 is 2.67 bits per heavy atom. The smallest absolute Gasteiger partial charge is 0.119 e. The third-order valence-electron chi connectivity index (χ3n) is 6.94. The maximum absolute atomic E-state index is 11.0. The second-order valence-corrected chi connectivity index (χ2v) is 9.30. The minimum Gasteiger partial charge on any atom is -0.497 e. The van der Waals surface area contributed by atoms with Gasteiger partial charge in [-0.1, -0.05) is 18.2 Å². The summed E-state index contributed by atoms with van der Waals surface area (Å²) in [4.78, 5) is 6.72. The van der Waals surface area contributed by atoms with Crippen LogP contribution in [0.4, 0.5) is 0 Å². The number of fused-ring (bicyclic) bond motifs is 10. The number of aromatic nitrogens is 2. The van der Waals surface area contributed by atoms with Crippen molar-refractivity contribution in [3.63, 3.8) is 0 Å². The van der Waals surface area contributed by atoms with Crippen molar-refractivity contribution in [3.05, 3.63) is 53.6 Å². The van der Waals surface area contributed by atoms with E-state index in [0.29, 0.717) is 19.6 Å². The van der Waals surface area contributed by atoms with Gasteiger partial charge in [-0.15, -0.1) is 0 Å². The lowest BCUT2D eigenvalue weighted by Gasteiger charge is -2.18. The molecule has 0 spiro atoms. The molecule has 6 rings (SSSR count). The maximum atomic E-state index is 11.0. The van der Waals surface area contributed by atoms with Gasteiger partial charge in [-0.3, -0.25) is 4.99 Å². The number of para-hydroxylation sites is 1. The number of ether oxygens (including phenoxy) is 1. The normalized spacial score (nSPS) is 14.4. The molecule has 0 amide bonds. The Morgan fingerprint density at radius 1 is 1.06 bits per heavy atom. The molecule has 0 bridgehead atoms. The number of hydrogen-bond acceptors (Lipinski definition) is 4. The number of aliphatic hydroxyl groups is 1. The molecule has 1 aliphatic rings. The minimum atomic E-state index is -0.491. The van der Waals surface area contributed by atoms with Crippen molar-refractivity contribution in [2.75, 3.05) is 27.7 Å². The minimum absolute atomic E-state index is 0.491. The summed E-state index contributed by atoms with van der Waals surface area (Å²) in [6, 6.07) is 14.8. The first-order valence-electron chi connectivity index (χ1n) is 11.3. The first kappa shape index (κ1) is 20.3. The molecular weight excluding hydrogens is 412 g/mol. The highest BCUT2D eigenvalue weighted by atomic mass is 16.5. The van der Waals surface area contributed by atoms with E-state index in [1.54, 1.807) is 7.11 Å². The zero-order chi connectivity index (χ0) is 22.9. The van der Waals surface area contributed by atoms with Crippen LogP contribution in [-0.2, 0) is 20.1 Å². The maximum Gasteiger partial charge on any atom is 0.119 e. The SMILES string of the molecule is COc1ccc2c(c1)c1c3c(c4c5ccccc5n(C)c4c1n2CC(O)CN(C)C)C=NC3. The first-order chi connectivity index (χ1) is 16.0. The summed E-state index contributed by atoms with van der Waals surface area (Å²) in [6.45, 7) is 1.78. The van der Waals surface area contributed by atoms with E-state index in [-0.39, 0.29) is 0 Å². The van der Waals surface area contributed by atoms with Crippen molar-refractivity contribution < 1.29 is 9.84 Å². The molecule has 5 aromatic rings. The highest BCUT2D eigenvalue weighted by molar-refractivity contribution is 6.28. The van der Waals surface area contributed by atoms with Crippen molar-refractivity contribution in [3.8, 4) is 5.75 Å². The van der Waals surface area contributed by atoms with Gasteiger partial charge in [0.2, 0.25) is 0 Å². The summed E-state index contributed by atoms with van der Waals surface area (Å²) >= 11 is 0. The van der Waals surface area contributed by atoms with Crippen LogP contribution in [0, 0.1) is 0 Å². The van der Waals surface area contributed by atoms with Crippen molar-refractivity contribution >= 4 is 49.8 Å². The van der Waals surface area contributed by atoms with Crippen LogP contribution in [0.3, 0.4) is 0 Å². The van der Waals surface area contributed by atoms with Gasteiger partial charge < -0.3 is 23.9 Å². The van der Waals surface area contributed by atoms with E-state index >= 15 is 0 Å². The van der Waals surface area contributed by atoms with E-state index in [2.05, 4.69) is 52.6 Å². The number of aryl methyl sites for hydroxylation is 1. The molecule has 1 aliphatic heterocycles. The Bertz CT molecular complexity index is 1590. The lowest BCUT2D eigenvalue weighted by Crippen LogP contribution is -2.29. The third kappa shape index (κ3) is 2.84. The monoisotopic (exact) mass is 440 g/mol. The lowest BCUT2D eigenvalue weighted by atomic mass is 9.97. The molecule has 3 heterocycles. The Hall–Kier alpha value is -3.35. The molecule has 0 aliphatic carbocycles. The van der Waals surface area contributed by atoms with Crippen molar-refractivity contribution in [1.29, 1.82) is 0 Å². The molecule has 0 fully saturated rings. The second kappa shape index (κ2) is 7.33. The van der Waals surface area contributed by atoms with E-state index in [1.807, 2.05) is 31.3 Å². The first-order valence-corrected chi connectivity index (χ1v) is 11.3. The van der Waals surface area contributed by atoms with Crippen molar-refractivity contribution in [1.82, 2.24) is 14.0 Å². The summed E-state index contributed by atoms with van der Waals surface area (Å²) in [5, 5.41) is 15.8. The number of aliphatic hydroxyl groups excluding tert-OH is 1. The van der Waals surface area contributed by atoms with Gasteiger partial charge in [-0.25, -0.2) is 0 Å². The summed E-state index contributed by atoms with van der Waals surface area (Å²) < 4.78 is 10.2. The molecule has 1 N–H and O–H groups in total. The molecule has 6 nitrogen and oxygen atoms in total. The fourth-order valence-corrected chi connectivity index (χ4v) is 5.66. The van der Waals surface area contributed by atoms with Crippen LogP contribution >= 0.6 is 0 Å². The molecule has 0 saturated heterocycles. The predicted molar refractivity (Wildman–Crippen MR) is 136 cm³/mol. The fraction of sp³-hybridized carbons (Fsp3) is 0.296. The quantitative estimate of drug-likeness (QED) is 0.443. The van der Waals surface area contributed by atoms with Crippen LogP contribution in [-0.4, -0.2) is 59.2 Å². The van der Waals surface area contributed by atoms with Crippen LogP contribution in [0.5, 0.6) is 5.75 Å². The molecule has 1 unspecified atom stereocenters. The summed E-state index contributed by atoms with van der Waals surface area (Å²) in [5.41, 5.74) is 7.12. The van der Waals surface area contributed by atoms with Crippen molar-refractivity contribution in [2.24, 2.45) is 12.0 Å². The number of likely N-dealkylation sites (N-methyl/N-ethyl adjacent to an activating group) is 1. The van der Waals surface area contributed by atoms with E-state index in [0.717, 1.165) is 22.2 Å². The Balaban J connectivity index is 1.83. The number of aliphatic imine (C=N–C) groups is 1. The van der Waals surface area contributed by atoms with E-state index in [4.69, 9.17) is 9.73 Å². The Morgan fingerprint density at radius 2 is 1.88 bits per heavy atom. The number of benzene rings is 3. The molecule has 1 atom stereocenters. The summed E-state index contributed by atoms with van der Waals surface area (Å²) in [5.74, 6) is 0.834. The van der Waals surface area contributed by atoms with Gasteiger partial charge in [0.15, 0.2) is 0 Å². The highest BCUT2D eigenvalue weighted by Crippen LogP contribution is 2.44. The summed E-state index contributed by atoms with van der Waals surface area (Å²) in [7, 11) is 7.83. The number of nitrogens with zero attached hydrogens (tertiary/aromatic N) is 4. The van der Waals surface area contributed by atoms with Gasteiger partial charge in [0.1, 0.15) is 5.75 Å². The predicted octanol–water partition coefficient (Wildman–Crippen LogP) is 4.30. The molecular formula is C27H28N4O2.